The molecule has 0 aromatic heterocycles. The fourth-order valence-electron chi connectivity index (χ4n) is 1.44. The summed E-state index contributed by atoms with van der Waals surface area (Å²) in [6.07, 6.45) is -0.571. The van der Waals surface area contributed by atoms with Gasteiger partial charge < -0.3 is 4.90 Å². The Labute approximate surface area is 83.3 Å². The fraction of sp³-hybridized carbons (Fsp3) is 0.900. The van der Waals surface area contributed by atoms with Crippen LogP contribution < -0.4 is 0 Å². The standard InChI is InChI=1S/C10H17F2NO/c1-9(2,3)13(4)8(14)7-5-10(11,12)6-7/h7H,5-6H2,1-4H3. The molecule has 0 aliphatic heterocycles. The number of halogens is 2. The van der Waals surface area contributed by atoms with E-state index in [1.807, 2.05) is 20.8 Å². The van der Waals surface area contributed by atoms with Crippen LogP contribution in [0, 0.1) is 5.92 Å². The lowest BCUT2D eigenvalue weighted by atomic mass is 9.80. The molecule has 82 valence electrons. The van der Waals surface area contributed by atoms with Crippen LogP contribution in [-0.4, -0.2) is 29.3 Å². The summed E-state index contributed by atoms with van der Waals surface area (Å²) in [4.78, 5) is 13.2. The molecule has 0 radical (unpaired) electrons. The number of nitrogens with zero attached hydrogens (tertiary/aromatic N) is 1. The fourth-order valence-corrected chi connectivity index (χ4v) is 1.44. The van der Waals surface area contributed by atoms with Crippen molar-refractivity contribution < 1.29 is 13.6 Å². The van der Waals surface area contributed by atoms with E-state index in [9.17, 15) is 13.6 Å². The minimum atomic E-state index is -2.61. The number of carbonyl (C=O) groups excluding carboxylic acids is 1. The molecular formula is C10H17F2NO. The minimum Gasteiger partial charge on any atom is -0.341 e. The third-order valence-electron chi connectivity index (χ3n) is 2.78. The first-order valence-corrected chi connectivity index (χ1v) is 4.79. The van der Waals surface area contributed by atoms with Crippen LogP contribution in [0.5, 0.6) is 0 Å². The van der Waals surface area contributed by atoms with E-state index >= 15 is 0 Å². The maximum Gasteiger partial charge on any atom is 0.249 e. The molecule has 1 fully saturated rings. The quantitative estimate of drug-likeness (QED) is 0.643. The van der Waals surface area contributed by atoms with Gasteiger partial charge >= 0.3 is 0 Å². The van der Waals surface area contributed by atoms with Crippen LogP contribution >= 0.6 is 0 Å². The molecule has 0 atom stereocenters. The summed E-state index contributed by atoms with van der Waals surface area (Å²) >= 11 is 0. The average Bonchev–Trinajstić information content (AvgIpc) is 1.95. The van der Waals surface area contributed by atoms with E-state index in [-0.39, 0.29) is 24.3 Å². The Balaban J connectivity index is 2.53. The van der Waals surface area contributed by atoms with Crippen LogP contribution in [-0.2, 0) is 4.79 Å². The first-order chi connectivity index (χ1) is 6.13. The van der Waals surface area contributed by atoms with Crippen molar-refractivity contribution in [1.82, 2.24) is 4.90 Å². The van der Waals surface area contributed by atoms with Gasteiger partial charge in [-0.15, -0.1) is 0 Å². The second-order valence-corrected chi connectivity index (χ2v) is 5.03. The first-order valence-electron chi connectivity index (χ1n) is 4.79. The maximum atomic E-state index is 12.5. The lowest BCUT2D eigenvalue weighted by Gasteiger charge is -2.40. The predicted octanol–water partition coefficient (Wildman–Crippen LogP) is 2.29. The van der Waals surface area contributed by atoms with Crippen molar-refractivity contribution in [3.63, 3.8) is 0 Å². The molecule has 1 saturated carbocycles. The summed E-state index contributed by atoms with van der Waals surface area (Å²) in [5.41, 5.74) is -0.290. The van der Waals surface area contributed by atoms with Crippen molar-refractivity contribution in [2.45, 2.75) is 45.1 Å². The highest BCUT2D eigenvalue weighted by atomic mass is 19.3. The van der Waals surface area contributed by atoms with E-state index in [2.05, 4.69) is 0 Å². The van der Waals surface area contributed by atoms with Crippen molar-refractivity contribution in [2.75, 3.05) is 7.05 Å². The molecule has 1 rings (SSSR count). The van der Waals surface area contributed by atoms with E-state index in [1.54, 1.807) is 11.9 Å². The normalized spacial score (nSPS) is 21.6. The zero-order chi connectivity index (χ0) is 11.1. The second kappa shape index (κ2) is 3.17. The van der Waals surface area contributed by atoms with Crippen LogP contribution in [0.3, 0.4) is 0 Å². The van der Waals surface area contributed by atoms with Crippen molar-refractivity contribution in [3.8, 4) is 0 Å². The van der Waals surface area contributed by atoms with Crippen LogP contribution in [0.15, 0.2) is 0 Å². The van der Waals surface area contributed by atoms with Gasteiger partial charge in [-0.3, -0.25) is 4.79 Å². The molecule has 0 aromatic rings. The van der Waals surface area contributed by atoms with Gasteiger partial charge in [-0.05, 0) is 20.8 Å². The Morgan fingerprint density at radius 1 is 1.36 bits per heavy atom. The Hall–Kier alpha value is -0.670. The summed E-state index contributed by atoms with van der Waals surface area (Å²) < 4.78 is 25.1. The third kappa shape index (κ3) is 2.22. The highest BCUT2D eigenvalue weighted by molar-refractivity contribution is 5.80. The summed E-state index contributed by atoms with van der Waals surface area (Å²) in [5.74, 6) is -3.25. The molecule has 0 saturated heterocycles. The van der Waals surface area contributed by atoms with E-state index in [4.69, 9.17) is 0 Å². The molecule has 1 aliphatic carbocycles. The van der Waals surface area contributed by atoms with Crippen molar-refractivity contribution in [3.05, 3.63) is 0 Å². The van der Waals surface area contributed by atoms with E-state index in [1.165, 1.54) is 0 Å². The van der Waals surface area contributed by atoms with Crippen molar-refractivity contribution in [1.29, 1.82) is 0 Å². The topological polar surface area (TPSA) is 20.3 Å². The Morgan fingerprint density at radius 3 is 2.07 bits per heavy atom. The molecule has 14 heavy (non-hydrogen) atoms. The van der Waals surface area contributed by atoms with E-state index in [0.29, 0.717) is 0 Å². The number of hydrogen-bond donors (Lipinski definition) is 0. The molecule has 2 nitrogen and oxygen atoms in total. The van der Waals surface area contributed by atoms with Gasteiger partial charge in [0.15, 0.2) is 0 Å². The number of carbonyl (C=O) groups is 1. The van der Waals surface area contributed by atoms with Gasteiger partial charge in [-0.25, -0.2) is 8.78 Å². The Kier molecular flexibility index (Phi) is 2.59. The molecule has 0 aromatic carbocycles. The molecule has 1 aliphatic rings. The van der Waals surface area contributed by atoms with Crippen molar-refractivity contribution >= 4 is 5.91 Å². The highest BCUT2D eigenvalue weighted by Crippen LogP contribution is 2.43. The third-order valence-corrected chi connectivity index (χ3v) is 2.78. The van der Waals surface area contributed by atoms with Crippen LogP contribution in [0.1, 0.15) is 33.6 Å². The van der Waals surface area contributed by atoms with Gasteiger partial charge in [0.1, 0.15) is 0 Å². The zero-order valence-electron chi connectivity index (χ0n) is 9.10. The van der Waals surface area contributed by atoms with Gasteiger partial charge in [-0.1, -0.05) is 0 Å². The molecule has 0 heterocycles. The lowest BCUT2D eigenvalue weighted by molar-refractivity contribution is -0.162. The maximum absolute atomic E-state index is 12.5. The average molecular weight is 205 g/mol. The zero-order valence-corrected chi connectivity index (χ0v) is 9.10. The Bertz CT molecular complexity index is 237. The molecule has 0 spiro atoms. The van der Waals surface area contributed by atoms with Crippen LogP contribution in [0.2, 0.25) is 0 Å². The van der Waals surface area contributed by atoms with Gasteiger partial charge in [0.25, 0.3) is 0 Å². The summed E-state index contributed by atoms with van der Waals surface area (Å²) in [5, 5.41) is 0. The van der Waals surface area contributed by atoms with Crippen molar-refractivity contribution in [2.24, 2.45) is 5.92 Å². The molecule has 1 amide bonds. The van der Waals surface area contributed by atoms with Crippen LogP contribution in [0.4, 0.5) is 8.78 Å². The summed E-state index contributed by atoms with van der Waals surface area (Å²) in [6.45, 7) is 5.67. The number of amides is 1. The monoisotopic (exact) mass is 205 g/mol. The highest BCUT2D eigenvalue weighted by Gasteiger charge is 2.50. The van der Waals surface area contributed by atoms with Gasteiger partial charge in [0.05, 0.1) is 0 Å². The smallest absolute Gasteiger partial charge is 0.249 e. The lowest BCUT2D eigenvalue weighted by Crippen LogP contribution is -2.51. The van der Waals surface area contributed by atoms with Crippen LogP contribution in [0.25, 0.3) is 0 Å². The van der Waals surface area contributed by atoms with Gasteiger partial charge in [0.2, 0.25) is 11.8 Å². The first kappa shape index (κ1) is 11.4. The van der Waals surface area contributed by atoms with Gasteiger partial charge in [-0.2, -0.15) is 0 Å². The SMILES string of the molecule is CN(C(=O)C1CC(F)(F)C1)C(C)(C)C. The molecule has 4 heteroatoms. The summed E-state index contributed by atoms with van der Waals surface area (Å²) in [7, 11) is 1.67. The van der Waals surface area contributed by atoms with E-state index < -0.39 is 11.8 Å². The number of hydrogen-bond acceptors (Lipinski definition) is 1. The van der Waals surface area contributed by atoms with Gasteiger partial charge in [0, 0.05) is 31.3 Å². The second-order valence-electron chi connectivity index (χ2n) is 5.03. The molecule has 0 unspecified atom stereocenters. The number of alkyl halides is 2. The largest absolute Gasteiger partial charge is 0.341 e. The molecular weight excluding hydrogens is 188 g/mol. The Morgan fingerprint density at radius 2 is 1.79 bits per heavy atom. The number of rotatable bonds is 1. The minimum absolute atomic E-state index is 0.163. The molecule has 0 N–H and O–H groups in total. The molecule has 0 bridgehead atoms. The van der Waals surface area contributed by atoms with E-state index in [0.717, 1.165) is 0 Å². The summed E-state index contributed by atoms with van der Waals surface area (Å²) in [6, 6.07) is 0. The predicted molar refractivity (Wildman–Crippen MR) is 50.2 cm³/mol.